The predicted molar refractivity (Wildman–Crippen MR) is 134 cm³/mol. The Hall–Kier alpha value is -4.04. The van der Waals surface area contributed by atoms with Gasteiger partial charge in [0.2, 0.25) is 5.91 Å². The first-order valence-corrected chi connectivity index (χ1v) is 11.6. The number of hydrogen-bond acceptors (Lipinski definition) is 5. The molecule has 0 bridgehead atoms. The Balaban J connectivity index is 1.25. The molecule has 0 atom stereocenters. The summed E-state index contributed by atoms with van der Waals surface area (Å²) in [7, 11) is 1.88. The van der Waals surface area contributed by atoms with Crippen LogP contribution in [0.5, 0.6) is 5.75 Å². The molecule has 0 radical (unpaired) electrons. The summed E-state index contributed by atoms with van der Waals surface area (Å²) in [6, 6.07) is 23.9. The van der Waals surface area contributed by atoms with E-state index in [-0.39, 0.29) is 17.6 Å². The molecule has 8 heteroatoms. The zero-order valence-electron chi connectivity index (χ0n) is 18.6. The molecule has 0 fully saturated rings. The molecule has 34 heavy (non-hydrogen) atoms. The Bertz CT molecular complexity index is 1240. The third kappa shape index (κ3) is 6.49. The predicted octanol–water partition coefficient (Wildman–Crippen LogP) is 4.98. The number of anilines is 2. The van der Waals surface area contributed by atoms with Crippen LogP contribution in [0.4, 0.5) is 11.4 Å². The molecule has 7 nitrogen and oxygen atoms in total. The van der Waals surface area contributed by atoms with E-state index < -0.39 is 0 Å². The van der Waals surface area contributed by atoms with Gasteiger partial charge in [-0.25, -0.2) is 4.98 Å². The smallest absolute Gasteiger partial charge is 0.255 e. The summed E-state index contributed by atoms with van der Waals surface area (Å²) in [6.07, 6.45) is 3.52. The van der Waals surface area contributed by atoms with Crippen molar-refractivity contribution >= 4 is 35.0 Å². The van der Waals surface area contributed by atoms with Gasteiger partial charge in [-0.2, -0.15) is 0 Å². The molecule has 0 aliphatic rings. The number of hydrogen-bond donors (Lipinski definition) is 2. The Morgan fingerprint density at radius 2 is 1.59 bits per heavy atom. The maximum Gasteiger partial charge on any atom is 0.255 e. The van der Waals surface area contributed by atoms with Crippen molar-refractivity contribution < 1.29 is 14.3 Å². The SMILES string of the molecule is Cn1ccnc1SCC(=O)Nc1ccc(C(=O)Nc2ccc(OCc3ccccc3)cc2)cc1. The van der Waals surface area contributed by atoms with Crippen LogP contribution in [-0.4, -0.2) is 27.1 Å². The number of rotatable bonds is 9. The second-order valence-electron chi connectivity index (χ2n) is 7.49. The van der Waals surface area contributed by atoms with E-state index in [9.17, 15) is 9.59 Å². The third-order valence-corrected chi connectivity index (χ3v) is 5.96. The van der Waals surface area contributed by atoms with Crippen LogP contribution in [-0.2, 0) is 18.4 Å². The van der Waals surface area contributed by atoms with E-state index in [4.69, 9.17) is 4.74 Å². The van der Waals surface area contributed by atoms with Crippen molar-refractivity contribution in [1.82, 2.24) is 9.55 Å². The lowest BCUT2D eigenvalue weighted by Gasteiger charge is -2.09. The van der Waals surface area contributed by atoms with Gasteiger partial charge in [-0.1, -0.05) is 42.1 Å². The van der Waals surface area contributed by atoms with Crippen LogP contribution in [0.1, 0.15) is 15.9 Å². The lowest BCUT2D eigenvalue weighted by atomic mass is 10.2. The average molecular weight is 473 g/mol. The molecule has 2 N–H and O–H groups in total. The number of carbonyl (C=O) groups is 2. The van der Waals surface area contributed by atoms with Crippen LogP contribution >= 0.6 is 11.8 Å². The van der Waals surface area contributed by atoms with Gasteiger partial charge in [0.15, 0.2) is 5.16 Å². The minimum Gasteiger partial charge on any atom is -0.489 e. The highest BCUT2D eigenvalue weighted by Gasteiger charge is 2.09. The highest BCUT2D eigenvalue weighted by atomic mass is 32.2. The van der Waals surface area contributed by atoms with Gasteiger partial charge in [-0.3, -0.25) is 9.59 Å². The molecule has 1 aromatic heterocycles. The summed E-state index contributed by atoms with van der Waals surface area (Å²) in [5.74, 6) is 0.599. The zero-order chi connectivity index (χ0) is 23.8. The van der Waals surface area contributed by atoms with Crippen LogP contribution in [0.25, 0.3) is 0 Å². The fourth-order valence-corrected chi connectivity index (χ4v) is 3.83. The van der Waals surface area contributed by atoms with E-state index >= 15 is 0 Å². The first-order valence-electron chi connectivity index (χ1n) is 10.6. The van der Waals surface area contributed by atoms with E-state index in [0.717, 1.165) is 16.5 Å². The van der Waals surface area contributed by atoms with Crippen molar-refractivity contribution in [1.29, 1.82) is 0 Å². The fraction of sp³-hybridized carbons (Fsp3) is 0.115. The minimum absolute atomic E-state index is 0.139. The maximum absolute atomic E-state index is 12.6. The van der Waals surface area contributed by atoms with Crippen molar-refractivity contribution in [2.24, 2.45) is 7.05 Å². The first-order chi connectivity index (χ1) is 16.6. The molecule has 0 aliphatic heterocycles. The Morgan fingerprint density at radius 1 is 0.912 bits per heavy atom. The Morgan fingerprint density at radius 3 is 2.26 bits per heavy atom. The largest absolute Gasteiger partial charge is 0.489 e. The van der Waals surface area contributed by atoms with E-state index in [1.165, 1.54) is 11.8 Å². The number of aromatic nitrogens is 2. The van der Waals surface area contributed by atoms with Gasteiger partial charge in [0.1, 0.15) is 12.4 Å². The second kappa shape index (κ2) is 11.2. The van der Waals surface area contributed by atoms with Gasteiger partial charge >= 0.3 is 0 Å². The number of ether oxygens (including phenoxy) is 1. The normalized spacial score (nSPS) is 10.5. The highest BCUT2D eigenvalue weighted by molar-refractivity contribution is 7.99. The number of nitrogens with one attached hydrogen (secondary N) is 2. The van der Waals surface area contributed by atoms with Crippen molar-refractivity contribution in [3.63, 3.8) is 0 Å². The summed E-state index contributed by atoms with van der Waals surface area (Å²) >= 11 is 1.36. The van der Waals surface area contributed by atoms with Crippen molar-refractivity contribution in [3.05, 3.63) is 102 Å². The van der Waals surface area contributed by atoms with Gasteiger partial charge in [0.05, 0.1) is 5.75 Å². The standard InChI is InChI=1S/C26H24N4O3S/c1-30-16-15-27-26(30)34-18-24(31)28-21-9-7-20(8-10-21)25(32)29-22-11-13-23(14-12-22)33-17-19-5-3-2-4-6-19/h2-16H,17-18H2,1H3,(H,28,31)(H,29,32). The van der Waals surface area contributed by atoms with Crippen LogP contribution in [0.3, 0.4) is 0 Å². The maximum atomic E-state index is 12.6. The molecule has 172 valence electrons. The molecule has 2 amide bonds. The quantitative estimate of drug-likeness (QED) is 0.336. The Labute approximate surface area is 202 Å². The van der Waals surface area contributed by atoms with Gasteiger partial charge in [-0.05, 0) is 54.1 Å². The molecular formula is C26H24N4O3S. The molecular weight excluding hydrogens is 448 g/mol. The third-order valence-electron chi connectivity index (χ3n) is 4.90. The molecule has 0 saturated carbocycles. The van der Waals surface area contributed by atoms with E-state index in [1.807, 2.05) is 60.3 Å². The number of amides is 2. The average Bonchev–Trinajstić information content (AvgIpc) is 3.28. The molecule has 1 heterocycles. The van der Waals surface area contributed by atoms with Gasteiger partial charge in [-0.15, -0.1) is 0 Å². The van der Waals surface area contributed by atoms with Gasteiger partial charge in [0, 0.05) is 36.4 Å². The summed E-state index contributed by atoms with van der Waals surface area (Å²) in [5.41, 5.74) is 2.87. The highest BCUT2D eigenvalue weighted by Crippen LogP contribution is 2.19. The van der Waals surface area contributed by atoms with Crippen LogP contribution in [0.15, 0.2) is 96.4 Å². The van der Waals surface area contributed by atoms with Crippen LogP contribution in [0, 0.1) is 0 Å². The zero-order valence-corrected chi connectivity index (χ0v) is 19.4. The number of carbonyl (C=O) groups excluding carboxylic acids is 2. The topological polar surface area (TPSA) is 85.2 Å². The molecule has 3 aromatic carbocycles. The number of imidazole rings is 1. The molecule has 0 spiro atoms. The van der Waals surface area contributed by atoms with Gasteiger partial charge in [0.25, 0.3) is 5.91 Å². The number of benzene rings is 3. The lowest BCUT2D eigenvalue weighted by Crippen LogP contribution is -2.15. The summed E-state index contributed by atoms with van der Waals surface area (Å²) in [6.45, 7) is 0.483. The monoisotopic (exact) mass is 472 g/mol. The lowest BCUT2D eigenvalue weighted by molar-refractivity contribution is -0.113. The summed E-state index contributed by atoms with van der Waals surface area (Å²) < 4.78 is 7.63. The molecule has 4 rings (SSSR count). The van der Waals surface area contributed by atoms with Crippen molar-refractivity contribution in [2.75, 3.05) is 16.4 Å². The van der Waals surface area contributed by atoms with Crippen molar-refractivity contribution in [2.45, 2.75) is 11.8 Å². The van der Waals surface area contributed by atoms with Crippen molar-refractivity contribution in [3.8, 4) is 5.75 Å². The van der Waals surface area contributed by atoms with Gasteiger partial charge < -0.3 is 19.9 Å². The Kier molecular flexibility index (Phi) is 7.62. The summed E-state index contributed by atoms with van der Waals surface area (Å²) in [5, 5.41) is 6.47. The molecule has 0 saturated heterocycles. The first kappa shape index (κ1) is 23.1. The summed E-state index contributed by atoms with van der Waals surface area (Å²) in [4.78, 5) is 28.9. The van der Waals surface area contributed by atoms with E-state index in [1.54, 1.807) is 42.6 Å². The number of thioether (sulfide) groups is 1. The molecule has 0 unspecified atom stereocenters. The fourth-order valence-electron chi connectivity index (χ4n) is 3.10. The minimum atomic E-state index is -0.235. The van der Waals surface area contributed by atoms with Crippen LogP contribution in [0.2, 0.25) is 0 Å². The van der Waals surface area contributed by atoms with E-state index in [0.29, 0.717) is 23.5 Å². The molecule has 0 aliphatic carbocycles. The van der Waals surface area contributed by atoms with E-state index in [2.05, 4.69) is 15.6 Å². The number of nitrogens with zero attached hydrogens (tertiary/aromatic N) is 2. The van der Waals surface area contributed by atoms with Crippen LogP contribution < -0.4 is 15.4 Å². The second-order valence-corrected chi connectivity index (χ2v) is 8.43. The number of aryl methyl sites for hydroxylation is 1. The molecule has 4 aromatic rings.